The van der Waals surface area contributed by atoms with Crippen molar-refractivity contribution in [1.29, 1.82) is 0 Å². The van der Waals surface area contributed by atoms with Gasteiger partial charge in [-0.3, -0.25) is 0 Å². The minimum absolute atomic E-state index is 0.0974. The summed E-state index contributed by atoms with van der Waals surface area (Å²) >= 11 is 4.96. The van der Waals surface area contributed by atoms with Crippen LogP contribution in [0.3, 0.4) is 0 Å². The van der Waals surface area contributed by atoms with Gasteiger partial charge >= 0.3 is 0 Å². The second kappa shape index (κ2) is 4.51. The van der Waals surface area contributed by atoms with Gasteiger partial charge < -0.3 is 10.3 Å². The summed E-state index contributed by atoms with van der Waals surface area (Å²) in [5.74, 6) is 1.08. The first kappa shape index (κ1) is 12.7. The number of hydrogen-bond donors (Lipinski definition) is 1. The highest BCUT2D eigenvalue weighted by Crippen LogP contribution is 2.32. The summed E-state index contributed by atoms with van der Waals surface area (Å²) in [7, 11) is 0. The number of nitrogens with zero attached hydrogens (tertiary/aromatic N) is 2. The standard InChI is InChI=1S/C11H14BrN3OS/c1-11(2,3)8(13)10-14-9(15-16-10)7-4-6(12)5-17-7/h4-5,8H,13H2,1-3H3/t8-/m1/s1. The molecule has 17 heavy (non-hydrogen) atoms. The number of aromatic nitrogens is 2. The third kappa shape index (κ3) is 2.75. The molecule has 92 valence electrons. The highest BCUT2D eigenvalue weighted by atomic mass is 79.9. The van der Waals surface area contributed by atoms with Crippen LogP contribution in [0.15, 0.2) is 20.4 Å². The fourth-order valence-electron chi connectivity index (χ4n) is 1.26. The summed E-state index contributed by atoms with van der Waals surface area (Å²) in [4.78, 5) is 5.31. The molecule has 0 spiro atoms. The van der Waals surface area contributed by atoms with E-state index in [2.05, 4.69) is 26.1 Å². The second-order valence-electron chi connectivity index (χ2n) is 4.93. The van der Waals surface area contributed by atoms with Crippen molar-refractivity contribution in [3.63, 3.8) is 0 Å². The molecule has 0 radical (unpaired) electrons. The third-order valence-electron chi connectivity index (χ3n) is 2.43. The van der Waals surface area contributed by atoms with Crippen LogP contribution < -0.4 is 5.73 Å². The van der Waals surface area contributed by atoms with E-state index in [4.69, 9.17) is 10.3 Å². The first-order valence-electron chi connectivity index (χ1n) is 5.21. The molecule has 0 bridgehead atoms. The van der Waals surface area contributed by atoms with Gasteiger partial charge in [-0.2, -0.15) is 4.98 Å². The topological polar surface area (TPSA) is 64.9 Å². The van der Waals surface area contributed by atoms with E-state index >= 15 is 0 Å². The zero-order chi connectivity index (χ0) is 12.6. The lowest BCUT2D eigenvalue weighted by molar-refractivity contribution is 0.253. The molecule has 2 aromatic heterocycles. The Labute approximate surface area is 112 Å². The van der Waals surface area contributed by atoms with Crippen molar-refractivity contribution in [3.8, 4) is 10.7 Å². The number of nitrogens with two attached hydrogens (primary N) is 1. The summed E-state index contributed by atoms with van der Waals surface area (Å²) in [6.45, 7) is 6.13. The van der Waals surface area contributed by atoms with Gasteiger partial charge in [-0.1, -0.05) is 25.9 Å². The van der Waals surface area contributed by atoms with Gasteiger partial charge in [0.15, 0.2) is 0 Å². The fraction of sp³-hybridized carbons (Fsp3) is 0.455. The summed E-state index contributed by atoms with van der Waals surface area (Å²) in [6, 6.07) is 1.70. The average molecular weight is 316 g/mol. The molecule has 2 heterocycles. The lowest BCUT2D eigenvalue weighted by Crippen LogP contribution is -2.26. The van der Waals surface area contributed by atoms with Crippen molar-refractivity contribution in [2.75, 3.05) is 0 Å². The van der Waals surface area contributed by atoms with Crippen LogP contribution in [0.5, 0.6) is 0 Å². The monoisotopic (exact) mass is 315 g/mol. The molecular formula is C11H14BrN3OS. The van der Waals surface area contributed by atoms with E-state index in [-0.39, 0.29) is 11.5 Å². The smallest absolute Gasteiger partial charge is 0.244 e. The van der Waals surface area contributed by atoms with Gasteiger partial charge in [0, 0.05) is 9.85 Å². The maximum Gasteiger partial charge on any atom is 0.244 e. The predicted molar refractivity (Wildman–Crippen MR) is 71.7 cm³/mol. The van der Waals surface area contributed by atoms with E-state index < -0.39 is 0 Å². The fourth-order valence-corrected chi connectivity index (χ4v) is 2.61. The molecular weight excluding hydrogens is 302 g/mol. The molecule has 2 rings (SSSR count). The number of hydrogen-bond acceptors (Lipinski definition) is 5. The largest absolute Gasteiger partial charge is 0.337 e. The van der Waals surface area contributed by atoms with Crippen LogP contribution >= 0.6 is 27.3 Å². The van der Waals surface area contributed by atoms with Crippen LogP contribution in [-0.4, -0.2) is 10.1 Å². The molecule has 0 saturated carbocycles. The Bertz CT molecular complexity index is 515. The van der Waals surface area contributed by atoms with E-state index in [1.54, 1.807) is 11.3 Å². The highest BCUT2D eigenvalue weighted by Gasteiger charge is 2.27. The molecule has 2 N–H and O–H groups in total. The summed E-state index contributed by atoms with van der Waals surface area (Å²) in [5, 5.41) is 5.94. The molecule has 0 aliphatic heterocycles. The van der Waals surface area contributed by atoms with E-state index in [0.717, 1.165) is 9.35 Å². The molecule has 6 heteroatoms. The van der Waals surface area contributed by atoms with Crippen LogP contribution in [-0.2, 0) is 0 Å². The molecule has 0 aromatic carbocycles. The van der Waals surface area contributed by atoms with E-state index in [9.17, 15) is 0 Å². The normalized spacial score (nSPS) is 13.9. The predicted octanol–water partition coefficient (Wildman–Crippen LogP) is 3.61. The van der Waals surface area contributed by atoms with Crippen molar-refractivity contribution < 1.29 is 4.52 Å². The summed E-state index contributed by atoms with van der Waals surface area (Å²) in [5.41, 5.74) is 5.97. The van der Waals surface area contributed by atoms with E-state index in [0.29, 0.717) is 11.7 Å². The lowest BCUT2D eigenvalue weighted by atomic mass is 9.87. The molecule has 0 aliphatic carbocycles. The third-order valence-corrected chi connectivity index (χ3v) is 4.12. The Balaban J connectivity index is 2.28. The molecule has 1 atom stereocenters. The summed E-state index contributed by atoms with van der Waals surface area (Å²) in [6.07, 6.45) is 0. The number of rotatable bonds is 2. The quantitative estimate of drug-likeness (QED) is 0.919. The Hall–Kier alpha value is -0.720. The average Bonchev–Trinajstić information content (AvgIpc) is 2.83. The van der Waals surface area contributed by atoms with Crippen LogP contribution in [0.4, 0.5) is 0 Å². The molecule has 0 saturated heterocycles. The molecule has 0 amide bonds. The van der Waals surface area contributed by atoms with Crippen LogP contribution in [0.25, 0.3) is 10.7 Å². The van der Waals surface area contributed by atoms with Gasteiger partial charge in [-0.05, 0) is 27.4 Å². The SMILES string of the molecule is CC(C)(C)[C@H](N)c1nc(-c2cc(Br)cs2)no1. The van der Waals surface area contributed by atoms with Crippen molar-refractivity contribution in [1.82, 2.24) is 10.1 Å². The molecule has 0 fully saturated rings. The van der Waals surface area contributed by atoms with Crippen LogP contribution in [0.1, 0.15) is 32.7 Å². The Morgan fingerprint density at radius 1 is 1.47 bits per heavy atom. The van der Waals surface area contributed by atoms with E-state index in [1.165, 1.54) is 0 Å². The molecule has 2 aromatic rings. The Morgan fingerprint density at radius 3 is 2.71 bits per heavy atom. The maximum atomic E-state index is 6.07. The number of thiophene rings is 1. The van der Waals surface area contributed by atoms with Crippen molar-refractivity contribution >= 4 is 27.3 Å². The number of halogens is 1. The maximum absolute atomic E-state index is 6.07. The zero-order valence-electron chi connectivity index (χ0n) is 9.90. The van der Waals surface area contributed by atoms with Gasteiger partial charge in [0.1, 0.15) is 0 Å². The van der Waals surface area contributed by atoms with Crippen molar-refractivity contribution in [2.45, 2.75) is 26.8 Å². The molecule has 0 aliphatic rings. The van der Waals surface area contributed by atoms with E-state index in [1.807, 2.05) is 32.2 Å². The summed E-state index contributed by atoms with van der Waals surface area (Å²) < 4.78 is 6.24. The lowest BCUT2D eigenvalue weighted by Gasteiger charge is -2.23. The molecule has 4 nitrogen and oxygen atoms in total. The van der Waals surface area contributed by atoms with Gasteiger partial charge in [0.25, 0.3) is 0 Å². The highest BCUT2D eigenvalue weighted by molar-refractivity contribution is 9.10. The van der Waals surface area contributed by atoms with Crippen molar-refractivity contribution in [2.24, 2.45) is 11.1 Å². The first-order valence-corrected chi connectivity index (χ1v) is 6.89. The van der Waals surface area contributed by atoms with Gasteiger partial charge in [-0.15, -0.1) is 11.3 Å². The Kier molecular flexibility index (Phi) is 3.38. The van der Waals surface area contributed by atoms with Crippen molar-refractivity contribution in [3.05, 3.63) is 21.8 Å². The second-order valence-corrected chi connectivity index (χ2v) is 6.76. The Morgan fingerprint density at radius 2 is 2.18 bits per heavy atom. The first-order chi connectivity index (χ1) is 7.88. The zero-order valence-corrected chi connectivity index (χ0v) is 12.3. The molecule has 0 unspecified atom stereocenters. The van der Waals surface area contributed by atoms with Gasteiger partial charge in [0.05, 0.1) is 10.9 Å². The minimum Gasteiger partial charge on any atom is -0.337 e. The minimum atomic E-state index is -0.257. The van der Waals surface area contributed by atoms with Gasteiger partial charge in [-0.25, -0.2) is 0 Å². The van der Waals surface area contributed by atoms with Gasteiger partial charge in [0.2, 0.25) is 11.7 Å². The van der Waals surface area contributed by atoms with Crippen LogP contribution in [0.2, 0.25) is 0 Å². The van der Waals surface area contributed by atoms with Crippen LogP contribution in [0, 0.1) is 5.41 Å².